The van der Waals surface area contributed by atoms with Crippen molar-refractivity contribution >= 4 is 28.6 Å². The molecule has 1 aliphatic heterocycles. The first-order valence-corrected chi connectivity index (χ1v) is 16.0. The third-order valence-corrected chi connectivity index (χ3v) is 8.10. The summed E-state index contributed by atoms with van der Waals surface area (Å²) in [7, 11) is 0. The van der Waals surface area contributed by atoms with Crippen molar-refractivity contribution < 1.29 is 19.4 Å². The number of carbonyl (C=O) groups is 1. The summed E-state index contributed by atoms with van der Waals surface area (Å²) in [5.74, 6) is -0.291. The molecule has 218 valence electrons. The fourth-order valence-corrected chi connectivity index (χ4v) is 5.39. The lowest BCUT2D eigenvalue weighted by molar-refractivity contribution is -0.150. The molecular formula is C29H49IN2O6. The monoisotopic (exact) mass is 648 g/mol. The Labute approximate surface area is 241 Å². The number of aliphatic hydroxyl groups excluding tert-OH is 1. The van der Waals surface area contributed by atoms with Crippen LogP contribution in [0.2, 0.25) is 0 Å². The minimum absolute atomic E-state index is 0.0509. The van der Waals surface area contributed by atoms with Crippen LogP contribution in [-0.4, -0.2) is 39.4 Å². The molecule has 0 saturated carbocycles. The Hall–Kier alpha value is -1.20. The maximum Gasteiger partial charge on any atom is 0.330 e. The van der Waals surface area contributed by atoms with Crippen molar-refractivity contribution in [3.8, 4) is 0 Å². The molecule has 1 aromatic heterocycles. The van der Waals surface area contributed by atoms with Gasteiger partial charge >= 0.3 is 11.7 Å². The van der Waals surface area contributed by atoms with E-state index in [1.807, 2.05) is 22.6 Å². The molecule has 0 spiro atoms. The van der Waals surface area contributed by atoms with Crippen molar-refractivity contribution in [3.05, 3.63) is 30.6 Å². The molecule has 1 aliphatic rings. The van der Waals surface area contributed by atoms with Gasteiger partial charge in [-0.25, -0.2) is 4.79 Å². The number of aromatic nitrogens is 2. The number of unbranched alkanes of at least 4 members (excludes halogenated alkanes) is 16. The van der Waals surface area contributed by atoms with Crippen LogP contribution in [0.5, 0.6) is 0 Å². The third-order valence-electron chi connectivity index (χ3n) is 7.33. The number of nitrogens with one attached hydrogen (secondary N) is 1. The van der Waals surface area contributed by atoms with Crippen molar-refractivity contribution in [3.63, 3.8) is 0 Å². The molecule has 2 heterocycles. The molecule has 0 amide bonds. The van der Waals surface area contributed by atoms with Gasteiger partial charge in [-0.2, -0.15) is 0 Å². The van der Waals surface area contributed by atoms with Crippen LogP contribution in [0, 0.1) is 3.57 Å². The van der Waals surface area contributed by atoms with Crippen LogP contribution in [0.1, 0.15) is 135 Å². The molecule has 1 fully saturated rings. The van der Waals surface area contributed by atoms with Crippen LogP contribution in [0.4, 0.5) is 0 Å². The van der Waals surface area contributed by atoms with Gasteiger partial charge in [0.2, 0.25) is 0 Å². The Morgan fingerprint density at radius 2 is 1.45 bits per heavy atom. The Morgan fingerprint density at radius 3 is 1.97 bits per heavy atom. The average molecular weight is 649 g/mol. The summed E-state index contributed by atoms with van der Waals surface area (Å²) in [6.45, 7) is 2.22. The molecular weight excluding hydrogens is 599 g/mol. The second kappa shape index (κ2) is 19.8. The van der Waals surface area contributed by atoms with E-state index in [9.17, 15) is 19.5 Å². The molecule has 0 unspecified atom stereocenters. The predicted octanol–water partition coefficient (Wildman–Crippen LogP) is 6.37. The molecule has 1 aromatic rings. The van der Waals surface area contributed by atoms with Gasteiger partial charge in [0.1, 0.15) is 18.9 Å². The lowest BCUT2D eigenvalue weighted by Gasteiger charge is -2.16. The highest BCUT2D eigenvalue weighted by atomic mass is 127. The lowest BCUT2D eigenvalue weighted by atomic mass is 10.0. The summed E-state index contributed by atoms with van der Waals surface area (Å²) in [5.41, 5.74) is -1.05. The SMILES string of the molecule is CCCCCCCCCCCCCCCCCCCC(=O)OC[C@H]1O[C@@H](n2cc(I)c(=O)[nH]c2=O)C[C@@H]1O. The summed E-state index contributed by atoms with van der Waals surface area (Å²) in [6, 6.07) is 0. The molecule has 8 nitrogen and oxygen atoms in total. The number of H-pyrrole nitrogens is 1. The van der Waals surface area contributed by atoms with Gasteiger partial charge in [-0.15, -0.1) is 0 Å². The van der Waals surface area contributed by atoms with Gasteiger partial charge in [-0.05, 0) is 29.0 Å². The maximum absolute atomic E-state index is 12.1. The van der Waals surface area contributed by atoms with Crippen molar-refractivity contribution in [1.29, 1.82) is 0 Å². The second-order valence-electron chi connectivity index (χ2n) is 10.7. The molecule has 0 aliphatic carbocycles. The maximum atomic E-state index is 12.1. The molecule has 0 bridgehead atoms. The van der Waals surface area contributed by atoms with Gasteiger partial charge in [-0.3, -0.25) is 19.1 Å². The van der Waals surface area contributed by atoms with Gasteiger partial charge in [-0.1, -0.05) is 110 Å². The van der Waals surface area contributed by atoms with Crippen LogP contribution in [0.15, 0.2) is 15.8 Å². The highest BCUT2D eigenvalue weighted by Gasteiger charge is 2.36. The average Bonchev–Trinajstić information content (AvgIpc) is 3.26. The fraction of sp³-hybridized carbons (Fsp3) is 0.828. The van der Waals surface area contributed by atoms with E-state index in [1.54, 1.807) is 0 Å². The van der Waals surface area contributed by atoms with E-state index in [-0.39, 0.29) is 19.0 Å². The van der Waals surface area contributed by atoms with Gasteiger partial charge in [0.25, 0.3) is 5.56 Å². The first-order valence-electron chi connectivity index (χ1n) is 14.9. The number of hydrogen-bond donors (Lipinski definition) is 2. The minimum Gasteiger partial charge on any atom is -0.463 e. The first kappa shape index (κ1) is 33.0. The van der Waals surface area contributed by atoms with Crippen LogP contribution in [0.25, 0.3) is 0 Å². The Bertz CT molecular complexity index is 902. The predicted molar refractivity (Wildman–Crippen MR) is 158 cm³/mol. The van der Waals surface area contributed by atoms with Crippen LogP contribution in [0.3, 0.4) is 0 Å². The van der Waals surface area contributed by atoms with Crippen molar-refractivity contribution in [1.82, 2.24) is 9.55 Å². The van der Waals surface area contributed by atoms with E-state index >= 15 is 0 Å². The molecule has 3 atom stereocenters. The highest BCUT2D eigenvalue weighted by molar-refractivity contribution is 14.1. The summed E-state index contributed by atoms with van der Waals surface area (Å²) in [6.07, 6.45) is 21.7. The number of aliphatic hydroxyl groups is 1. The Balaban J connectivity index is 1.42. The summed E-state index contributed by atoms with van der Waals surface area (Å²) in [4.78, 5) is 37.9. The third kappa shape index (κ3) is 13.2. The molecule has 2 rings (SSSR count). The number of carbonyl (C=O) groups excluding carboxylic acids is 1. The minimum atomic E-state index is -0.857. The van der Waals surface area contributed by atoms with E-state index in [0.717, 1.165) is 19.3 Å². The van der Waals surface area contributed by atoms with Gasteiger partial charge in [0, 0.05) is 19.0 Å². The summed E-state index contributed by atoms with van der Waals surface area (Å²) < 4.78 is 12.7. The van der Waals surface area contributed by atoms with E-state index in [4.69, 9.17) is 9.47 Å². The molecule has 38 heavy (non-hydrogen) atoms. The van der Waals surface area contributed by atoms with Gasteiger partial charge in [0.15, 0.2) is 0 Å². The number of aromatic amines is 1. The number of esters is 1. The zero-order valence-corrected chi connectivity index (χ0v) is 25.4. The van der Waals surface area contributed by atoms with Crippen molar-refractivity contribution in [2.24, 2.45) is 0 Å². The molecule has 9 heteroatoms. The zero-order chi connectivity index (χ0) is 27.6. The van der Waals surface area contributed by atoms with E-state index in [2.05, 4.69) is 11.9 Å². The largest absolute Gasteiger partial charge is 0.463 e. The molecule has 2 N–H and O–H groups in total. The van der Waals surface area contributed by atoms with Crippen molar-refractivity contribution in [2.75, 3.05) is 6.61 Å². The normalized spacial score (nSPS) is 19.2. The summed E-state index contributed by atoms with van der Waals surface area (Å²) >= 11 is 1.83. The standard InChI is InChI=1S/C29H49IN2O6/c1-2-3-4-5-6-7-8-9-10-11-12-13-14-15-16-17-18-19-27(34)37-22-25-24(33)20-26(38-25)32-21-23(30)28(35)31-29(32)36/h21,24-26,33H,2-20,22H2,1H3,(H,31,35,36)/t24-,25+,26+/m0/s1. The number of rotatable bonds is 21. The zero-order valence-electron chi connectivity index (χ0n) is 23.3. The Kier molecular flexibility index (Phi) is 17.2. The lowest BCUT2D eigenvalue weighted by Crippen LogP contribution is -2.33. The second-order valence-corrected chi connectivity index (χ2v) is 11.8. The Morgan fingerprint density at radius 1 is 0.947 bits per heavy atom. The smallest absolute Gasteiger partial charge is 0.330 e. The van der Waals surface area contributed by atoms with E-state index in [0.29, 0.717) is 9.99 Å². The molecule has 0 aromatic carbocycles. The van der Waals surface area contributed by atoms with Crippen LogP contribution in [-0.2, 0) is 14.3 Å². The molecule has 1 saturated heterocycles. The molecule has 0 radical (unpaired) electrons. The fourth-order valence-electron chi connectivity index (χ4n) is 4.95. The number of ether oxygens (including phenoxy) is 2. The summed E-state index contributed by atoms with van der Waals surface area (Å²) in [5, 5.41) is 10.3. The number of hydrogen-bond acceptors (Lipinski definition) is 6. The number of nitrogens with zero attached hydrogens (tertiary/aromatic N) is 1. The van der Waals surface area contributed by atoms with Gasteiger partial charge in [0.05, 0.1) is 9.67 Å². The number of halogens is 1. The highest BCUT2D eigenvalue weighted by Crippen LogP contribution is 2.28. The van der Waals surface area contributed by atoms with Crippen molar-refractivity contribution in [2.45, 2.75) is 147 Å². The van der Waals surface area contributed by atoms with E-state index < -0.39 is 29.7 Å². The van der Waals surface area contributed by atoms with Crippen LogP contribution >= 0.6 is 22.6 Å². The van der Waals surface area contributed by atoms with Crippen LogP contribution < -0.4 is 11.2 Å². The van der Waals surface area contributed by atoms with Gasteiger partial charge < -0.3 is 14.6 Å². The quantitative estimate of drug-likeness (QED) is 0.0911. The first-order chi connectivity index (χ1) is 18.4. The topological polar surface area (TPSA) is 111 Å². The van der Waals surface area contributed by atoms with E-state index in [1.165, 1.54) is 101 Å².